The van der Waals surface area contributed by atoms with Gasteiger partial charge >= 0.3 is 0 Å². The van der Waals surface area contributed by atoms with E-state index in [1.165, 1.54) is 0 Å². The normalized spacial score (nSPS) is 18.0. The van der Waals surface area contributed by atoms with Crippen molar-refractivity contribution in [3.63, 3.8) is 0 Å². The highest BCUT2D eigenvalue weighted by atomic mass is 16.2. The molecule has 21 heavy (non-hydrogen) atoms. The molecule has 0 saturated carbocycles. The Morgan fingerprint density at radius 2 is 2.29 bits per heavy atom. The van der Waals surface area contributed by atoms with Crippen molar-refractivity contribution in [3.8, 4) is 0 Å². The minimum absolute atomic E-state index is 0.104. The molecule has 1 N–H and O–H groups in total. The second-order valence-corrected chi connectivity index (χ2v) is 5.39. The van der Waals surface area contributed by atoms with Crippen LogP contribution in [0.5, 0.6) is 0 Å². The summed E-state index contributed by atoms with van der Waals surface area (Å²) in [6, 6.07) is 7.96. The van der Waals surface area contributed by atoms with E-state index in [2.05, 4.69) is 10.3 Å². The van der Waals surface area contributed by atoms with Crippen molar-refractivity contribution in [2.75, 3.05) is 18.9 Å². The van der Waals surface area contributed by atoms with Crippen LogP contribution in [0.4, 0.5) is 5.82 Å². The quantitative estimate of drug-likeness (QED) is 0.942. The van der Waals surface area contributed by atoms with E-state index in [0.29, 0.717) is 0 Å². The lowest BCUT2D eigenvalue weighted by atomic mass is 10.1. The van der Waals surface area contributed by atoms with Crippen LogP contribution in [0, 0.1) is 0 Å². The number of aryl methyl sites for hydroxylation is 1. The Kier molecular flexibility index (Phi) is 3.64. The maximum Gasteiger partial charge on any atom is 0.270 e. The number of pyridine rings is 1. The molecule has 3 rings (SSSR count). The first-order valence-electron chi connectivity index (χ1n) is 7.26. The summed E-state index contributed by atoms with van der Waals surface area (Å²) in [6.45, 7) is 0.811. The number of anilines is 1. The molecule has 0 spiro atoms. The first kappa shape index (κ1) is 13.7. The largest absolute Gasteiger partial charge is 0.373 e. The van der Waals surface area contributed by atoms with Gasteiger partial charge < -0.3 is 14.8 Å². The maximum absolute atomic E-state index is 12.7. The third-order valence-corrected chi connectivity index (χ3v) is 4.10. The van der Waals surface area contributed by atoms with E-state index < -0.39 is 0 Å². The van der Waals surface area contributed by atoms with Crippen molar-refractivity contribution in [1.29, 1.82) is 0 Å². The lowest BCUT2D eigenvalue weighted by Crippen LogP contribution is -2.31. The predicted molar refractivity (Wildman–Crippen MR) is 82.2 cm³/mol. The Bertz CT molecular complexity index is 649. The van der Waals surface area contributed by atoms with Crippen LogP contribution in [0.25, 0.3) is 0 Å². The maximum atomic E-state index is 12.7. The SMILES string of the molecule is CNc1cc([C@@H]2CCCN2C(=O)c2cccn2C)ccn1. The number of nitrogens with zero attached hydrogens (tertiary/aromatic N) is 3. The summed E-state index contributed by atoms with van der Waals surface area (Å²) >= 11 is 0. The average Bonchev–Trinajstić information content (AvgIpc) is 3.15. The molecule has 3 heterocycles. The van der Waals surface area contributed by atoms with Gasteiger partial charge in [-0.15, -0.1) is 0 Å². The molecule has 0 aromatic carbocycles. The second kappa shape index (κ2) is 5.60. The Morgan fingerprint density at radius 1 is 1.43 bits per heavy atom. The van der Waals surface area contributed by atoms with Crippen LogP contribution in [-0.4, -0.2) is 34.0 Å². The molecular formula is C16H20N4O. The van der Waals surface area contributed by atoms with E-state index >= 15 is 0 Å². The van der Waals surface area contributed by atoms with Crippen molar-refractivity contribution < 1.29 is 4.79 Å². The average molecular weight is 284 g/mol. The monoisotopic (exact) mass is 284 g/mol. The Morgan fingerprint density at radius 3 is 3.00 bits per heavy atom. The van der Waals surface area contributed by atoms with Gasteiger partial charge in [-0.3, -0.25) is 4.79 Å². The van der Waals surface area contributed by atoms with Gasteiger partial charge in [0.2, 0.25) is 0 Å². The lowest BCUT2D eigenvalue weighted by molar-refractivity contribution is 0.0726. The van der Waals surface area contributed by atoms with Gasteiger partial charge in [-0.05, 0) is 42.7 Å². The number of likely N-dealkylation sites (tertiary alicyclic amines) is 1. The molecule has 0 radical (unpaired) electrons. The van der Waals surface area contributed by atoms with E-state index in [1.807, 2.05) is 54.0 Å². The zero-order chi connectivity index (χ0) is 14.8. The molecule has 2 aromatic heterocycles. The third-order valence-electron chi connectivity index (χ3n) is 4.10. The number of rotatable bonds is 3. The number of carbonyl (C=O) groups excluding carboxylic acids is 1. The Balaban J connectivity index is 1.88. The molecular weight excluding hydrogens is 264 g/mol. The van der Waals surface area contributed by atoms with Crippen LogP contribution in [0.3, 0.4) is 0 Å². The molecule has 0 aliphatic carbocycles. The van der Waals surface area contributed by atoms with Crippen molar-refractivity contribution >= 4 is 11.7 Å². The molecule has 1 amide bonds. The van der Waals surface area contributed by atoms with Gasteiger partial charge in [-0.2, -0.15) is 0 Å². The molecule has 110 valence electrons. The van der Waals surface area contributed by atoms with E-state index in [9.17, 15) is 4.79 Å². The van der Waals surface area contributed by atoms with Crippen LogP contribution in [-0.2, 0) is 7.05 Å². The molecule has 5 nitrogen and oxygen atoms in total. The fraction of sp³-hybridized carbons (Fsp3) is 0.375. The van der Waals surface area contributed by atoms with Gasteiger partial charge in [0.25, 0.3) is 5.91 Å². The number of hydrogen-bond acceptors (Lipinski definition) is 3. The fourth-order valence-electron chi connectivity index (χ4n) is 2.98. The van der Waals surface area contributed by atoms with Gasteiger partial charge in [0, 0.05) is 33.0 Å². The summed E-state index contributed by atoms with van der Waals surface area (Å²) in [5.74, 6) is 0.943. The van der Waals surface area contributed by atoms with E-state index in [-0.39, 0.29) is 11.9 Å². The number of carbonyl (C=O) groups is 1. The number of aromatic nitrogens is 2. The van der Waals surface area contributed by atoms with Gasteiger partial charge in [0.05, 0.1) is 6.04 Å². The number of amides is 1. The summed E-state index contributed by atoms with van der Waals surface area (Å²) in [5, 5.41) is 3.05. The summed E-state index contributed by atoms with van der Waals surface area (Å²) in [6.07, 6.45) is 5.75. The number of hydrogen-bond donors (Lipinski definition) is 1. The molecule has 5 heteroatoms. The Labute approximate surface area is 124 Å². The second-order valence-electron chi connectivity index (χ2n) is 5.39. The molecule has 1 atom stereocenters. The highest BCUT2D eigenvalue weighted by Gasteiger charge is 2.31. The zero-order valence-electron chi connectivity index (χ0n) is 12.4. The standard InChI is InChI=1S/C16H20N4O/c1-17-15-11-12(7-8-18-15)13-5-4-10-20(13)16(21)14-6-3-9-19(14)2/h3,6-9,11,13H,4-5,10H2,1-2H3,(H,17,18)/t13-/m0/s1. The van der Waals surface area contributed by atoms with Gasteiger partial charge in [0.15, 0.2) is 0 Å². The molecule has 1 aliphatic rings. The summed E-state index contributed by atoms with van der Waals surface area (Å²) in [5.41, 5.74) is 1.89. The minimum atomic E-state index is 0.104. The van der Waals surface area contributed by atoms with E-state index in [0.717, 1.165) is 36.5 Å². The minimum Gasteiger partial charge on any atom is -0.373 e. The van der Waals surface area contributed by atoms with Crippen molar-refractivity contribution in [1.82, 2.24) is 14.5 Å². The fourth-order valence-corrected chi connectivity index (χ4v) is 2.98. The van der Waals surface area contributed by atoms with Gasteiger partial charge in [-0.1, -0.05) is 0 Å². The van der Waals surface area contributed by atoms with Crippen LogP contribution >= 0.6 is 0 Å². The molecule has 1 fully saturated rings. The highest BCUT2D eigenvalue weighted by molar-refractivity contribution is 5.93. The zero-order valence-corrected chi connectivity index (χ0v) is 12.4. The van der Waals surface area contributed by atoms with Crippen LogP contribution < -0.4 is 5.32 Å². The van der Waals surface area contributed by atoms with Crippen LogP contribution in [0.15, 0.2) is 36.7 Å². The van der Waals surface area contributed by atoms with Gasteiger partial charge in [0.1, 0.15) is 11.5 Å². The molecule has 1 aliphatic heterocycles. The molecule has 0 unspecified atom stereocenters. The summed E-state index contributed by atoms with van der Waals surface area (Å²) < 4.78 is 1.88. The Hall–Kier alpha value is -2.30. The number of nitrogens with one attached hydrogen (secondary N) is 1. The van der Waals surface area contributed by atoms with Gasteiger partial charge in [-0.25, -0.2) is 4.98 Å². The van der Waals surface area contributed by atoms with Crippen LogP contribution in [0.2, 0.25) is 0 Å². The van der Waals surface area contributed by atoms with E-state index in [4.69, 9.17) is 0 Å². The highest BCUT2D eigenvalue weighted by Crippen LogP contribution is 2.33. The first-order valence-corrected chi connectivity index (χ1v) is 7.26. The van der Waals surface area contributed by atoms with Crippen molar-refractivity contribution in [2.24, 2.45) is 7.05 Å². The smallest absolute Gasteiger partial charge is 0.270 e. The predicted octanol–water partition coefficient (Wildman–Crippen LogP) is 2.44. The lowest BCUT2D eigenvalue weighted by Gasteiger charge is -2.25. The van der Waals surface area contributed by atoms with Crippen molar-refractivity contribution in [2.45, 2.75) is 18.9 Å². The van der Waals surface area contributed by atoms with Crippen LogP contribution in [0.1, 0.15) is 34.9 Å². The summed E-state index contributed by atoms with van der Waals surface area (Å²) in [4.78, 5) is 19.0. The van der Waals surface area contributed by atoms with E-state index in [1.54, 1.807) is 6.20 Å². The first-order chi connectivity index (χ1) is 10.2. The molecule has 2 aromatic rings. The molecule has 1 saturated heterocycles. The molecule has 0 bridgehead atoms. The third kappa shape index (κ3) is 2.51. The van der Waals surface area contributed by atoms with Crippen molar-refractivity contribution in [3.05, 3.63) is 47.9 Å². The topological polar surface area (TPSA) is 50.2 Å². The summed E-state index contributed by atoms with van der Waals surface area (Å²) in [7, 11) is 3.76.